The minimum Gasteiger partial charge on any atom is -0.508 e. The highest BCUT2D eigenvalue weighted by Gasteiger charge is 2.31. The molecule has 0 bridgehead atoms. The van der Waals surface area contributed by atoms with Gasteiger partial charge in [-0.05, 0) is 103 Å². The second kappa shape index (κ2) is 18.7. The first-order chi connectivity index (χ1) is 27.0. The molecule has 9 nitrogen and oxygen atoms in total. The van der Waals surface area contributed by atoms with E-state index in [1.54, 1.807) is 36.5 Å². The van der Waals surface area contributed by atoms with Gasteiger partial charge in [0.1, 0.15) is 5.75 Å². The minimum atomic E-state index is -0.689. The zero-order valence-corrected chi connectivity index (χ0v) is 32.4. The Morgan fingerprint density at radius 3 is 2.52 bits per heavy atom. The van der Waals surface area contributed by atoms with Crippen LogP contribution in [-0.4, -0.2) is 44.6 Å². The number of carbonyl (C=O) groups is 2. The van der Waals surface area contributed by atoms with Crippen molar-refractivity contribution < 1.29 is 29.6 Å². The molecule has 0 amide bonds. The summed E-state index contributed by atoms with van der Waals surface area (Å²) in [7, 11) is 0. The van der Waals surface area contributed by atoms with Gasteiger partial charge in [-0.25, -0.2) is 0 Å². The normalized spacial score (nSPS) is 16.9. The molecule has 0 spiro atoms. The number of aryl methyl sites for hydroxylation is 1. The van der Waals surface area contributed by atoms with Crippen LogP contribution in [0.1, 0.15) is 133 Å². The van der Waals surface area contributed by atoms with Crippen LogP contribution in [0.5, 0.6) is 17.2 Å². The highest BCUT2D eigenvalue weighted by molar-refractivity contribution is 5.98. The highest BCUT2D eigenvalue weighted by atomic mass is 16.5. The molecule has 1 aromatic heterocycles. The van der Waals surface area contributed by atoms with Gasteiger partial charge in [0, 0.05) is 53.8 Å². The van der Waals surface area contributed by atoms with Crippen LogP contribution in [0.4, 0.5) is 0 Å². The summed E-state index contributed by atoms with van der Waals surface area (Å²) in [6, 6.07) is 17.9. The average molecular weight is 758 g/mol. The number of nitrogens with one attached hydrogen (secondary N) is 1. The molecular weight excluding hydrogens is 703 g/mol. The number of aromatic hydroxyl groups is 2. The number of benzene rings is 3. The lowest BCUT2D eigenvalue weighted by atomic mass is 9.80. The van der Waals surface area contributed by atoms with Crippen LogP contribution in [0.25, 0.3) is 0 Å². The van der Waals surface area contributed by atoms with E-state index in [2.05, 4.69) is 22.9 Å². The molecule has 294 valence electrons. The van der Waals surface area contributed by atoms with Crippen molar-refractivity contribution in [1.82, 2.24) is 4.98 Å². The molecule has 1 fully saturated rings. The monoisotopic (exact) mass is 757 g/mol. The maximum absolute atomic E-state index is 13.7. The Morgan fingerprint density at radius 2 is 1.75 bits per heavy atom. The minimum absolute atomic E-state index is 0.0172. The molecule has 2 aliphatic rings. The number of hydrogen-bond donors (Lipinski definition) is 6. The Labute approximate surface area is 330 Å². The number of phenolic OH excluding ortho intramolecular Hbond substituents is 2. The summed E-state index contributed by atoms with van der Waals surface area (Å²) in [5, 5.41) is 31.4. The van der Waals surface area contributed by atoms with E-state index >= 15 is 0 Å². The van der Waals surface area contributed by atoms with Gasteiger partial charge in [-0.1, -0.05) is 73.9 Å². The number of ketones is 2. The van der Waals surface area contributed by atoms with E-state index < -0.39 is 12.1 Å². The first-order valence-electron chi connectivity index (χ1n) is 20.0. The molecule has 4 aromatic rings. The molecule has 1 heterocycles. The summed E-state index contributed by atoms with van der Waals surface area (Å²) in [6.07, 6.45) is 15.1. The van der Waals surface area contributed by atoms with Gasteiger partial charge in [0.25, 0.3) is 0 Å². The fourth-order valence-corrected chi connectivity index (χ4v) is 8.18. The number of aliphatic hydroxyl groups excluding tert-OH is 1. The van der Waals surface area contributed by atoms with Crippen molar-refractivity contribution in [1.29, 1.82) is 0 Å². The van der Waals surface area contributed by atoms with Gasteiger partial charge in [0.05, 0.1) is 25.3 Å². The van der Waals surface area contributed by atoms with Crippen molar-refractivity contribution >= 4 is 11.6 Å². The smallest absolute Gasteiger partial charge is 0.165 e. The first-order valence-corrected chi connectivity index (χ1v) is 20.0. The SMILES string of the molecule is C[C@H](O)CCCCC1(/C=C/C(=O)CCc2ccc(O)c(OCCc3ccc(O)c([C@@H]4CC(=O)c5cc[nH]c5CC#Cc5cc(C(N)N)ccc54)c3)c2)CCCC1. The van der Waals surface area contributed by atoms with Crippen LogP contribution in [-0.2, 0) is 24.1 Å². The topological polar surface area (TPSA) is 172 Å². The molecule has 1 saturated carbocycles. The predicted octanol–water partition coefficient (Wildman–Crippen LogP) is 7.84. The van der Waals surface area contributed by atoms with Gasteiger partial charge in [-0.2, -0.15) is 0 Å². The Morgan fingerprint density at radius 1 is 0.982 bits per heavy atom. The number of allylic oxidation sites excluding steroid dienone is 2. The van der Waals surface area contributed by atoms with E-state index in [0.717, 1.165) is 66.5 Å². The fourth-order valence-electron chi connectivity index (χ4n) is 8.18. The van der Waals surface area contributed by atoms with E-state index in [0.29, 0.717) is 48.1 Å². The molecule has 9 heteroatoms. The number of fused-ring (bicyclic) bond motifs is 2. The standard InChI is InChI=1S/C47H55N3O6/c1-31(51)7-2-3-21-47(22-4-5-23-47)24-18-36(52)14-10-32-12-17-43(54)45(28-32)56-26-20-33-11-16-42(53)40(27-33)39-30-44(55)38-19-25-50-41(38)9-6-8-34-29-35(46(48)49)13-15-37(34)39/h11-13,15-19,24-25,27-29,31,39,46,50-51,53-54H,2-5,7,9-10,14,20-23,26,30,48-49H2,1H3/b24-18+/t31-,39+/m0/s1. The molecule has 6 rings (SSSR count). The van der Waals surface area contributed by atoms with E-state index in [1.807, 2.05) is 43.3 Å². The second-order valence-corrected chi connectivity index (χ2v) is 15.7. The summed E-state index contributed by atoms with van der Waals surface area (Å²) in [4.78, 5) is 29.8. The van der Waals surface area contributed by atoms with Gasteiger partial charge in [-0.3, -0.25) is 9.59 Å². The highest BCUT2D eigenvalue weighted by Crippen LogP contribution is 2.44. The first kappa shape index (κ1) is 40.5. The average Bonchev–Trinajstić information content (AvgIpc) is 3.86. The van der Waals surface area contributed by atoms with Crippen LogP contribution in [0, 0.1) is 17.3 Å². The molecule has 0 unspecified atom stereocenters. The number of ether oxygens (including phenoxy) is 1. The number of aromatic nitrogens is 1. The Hall–Kier alpha value is -5.14. The maximum Gasteiger partial charge on any atom is 0.165 e. The third kappa shape index (κ3) is 10.4. The third-order valence-corrected chi connectivity index (χ3v) is 11.4. The zero-order valence-electron chi connectivity index (χ0n) is 32.4. The summed E-state index contributed by atoms with van der Waals surface area (Å²) < 4.78 is 6.07. The number of carbonyl (C=O) groups excluding carboxylic acids is 2. The van der Waals surface area contributed by atoms with Crippen LogP contribution >= 0.6 is 0 Å². The van der Waals surface area contributed by atoms with Crippen molar-refractivity contribution in [2.75, 3.05) is 6.61 Å². The van der Waals surface area contributed by atoms with E-state index in [1.165, 1.54) is 12.8 Å². The number of aromatic amines is 1. The quantitative estimate of drug-likeness (QED) is 0.0291. The molecular formula is C47H55N3O6. The molecule has 2 aliphatic carbocycles. The van der Waals surface area contributed by atoms with Crippen molar-refractivity contribution in [3.8, 4) is 29.1 Å². The number of aliphatic hydroxyl groups is 1. The lowest BCUT2D eigenvalue weighted by molar-refractivity contribution is -0.114. The molecule has 0 radical (unpaired) electrons. The van der Waals surface area contributed by atoms with E-state index in [4.69, 9.17) is 16.2 Å². The second-order valence-electron chi connectivity index (χ2n) is 15.7. The van der Waals surface area contributed by atoms with Crippen LogP contribution in [0.3, 0.4) is 0 Å². The van der Waals surface area contributed by atoms with Crippen molar-refractivity contribution in [2.45, 2.75) is 109 Å². The van der Waals surface area contributed by atoms with Gasteiger partial charge in [-0.15, -0.1) is 0 Å². The number of rotatable bonds is 16. The Kier molecular flexibility index (Phi) is 13.5. The van der Waals surface area contributed by atoms with Crippen molar-refractivity contribution in [3.05, 3.63) is 124 Å². The molecule has 3 aromatic carbocycles. The number of nitrogens with two attached hydrogens (primary N) is 2. The summed E-state index contributed by atoms with van der Waals surface area (Å²) >= 11 is 0. The predicted molar refractivity (Wildman–Crippen MR) is 219 cm³/mol. The summed E-state index contributed by atoms with van der Waals surface area (Å²) in [5.41, 5.74) is 18.0. The van der Waals surface area contributed by atoms with E-state index in [-0.39, 0.29) is 47.6 Å². The number of hydrogen-bond acceptors (Lipinski definition) is 8. The summed E-state index contributed by atoms with van der Waals surface area (Å²) in [6.45, 7) is 2.08. The zero-order chi connectivity index (χ0) is 39.7. The lowest BCUT2D eigenvalue weighted by Crippen LogP contribution is -2.20. The molecule has 2 atom stereocenters. The molecule has 0 aliphatic heterocycles. The van der Waals surface area contributed by atoms with Gasteiger partial charge in [0.15, 0.2) is 23.1 Å². The number of unbranched alkanes of at least 4 members (excludes halogenated alkanes) is 1. The van der Waals surface area contributed by atoms with Crippen molar-refractivity contribution in [3.63, 3.8) is 0 Å². The van der Waals surface area contributed by atoms with Gasteiger partial charge >= 0.3 is 0 Å². The summed E-state index contributed by atoms with van der Waals surface area (Å²) in [5.74, 6) is 6.41. The van der Waals surface area contributed by atoms with Gasteiger partial charge in [0.2, 0.25) is 0 Å². The fraction of sp³-hybridized carbons (Fsp3) is 0.404. The molecule has 8 N–H and O–H groups in total. The lowest BCUT2D eigenvalue weighted by Gasteiger charge is -2.25. The molecule has 0 saturated heterocycles. The van der Waals surface area contributed by atoms with Crippen LogP contribution in [0.15, 0.2) is 79.0 Å². The van der Waals surface area contributed by atoms with E-state index in [9.17, 15) is 24.9 Å². The maximum atomic E-state index is 13.7. The van der Waals surface area contributed by atoms with Gasteiger partial charge < -0.3 is 36.5 Å². The third-order valence-electron chi connectivity index (χ3n) is 11.4. The van der Waals surface area contributed by atoms with Crippen LogP contribution in [0.2, 0.25) is 0 Å². The number of Topliss-reactive ketones (excluding diaryl/α,β-unsaturated/α-hetero) is 1. The largest absolute Gasteiger partial charge is 0.508 e. The Bertz CT molecular complexity index is 2100. The number of H-pyrrole nitrogens is 1. The van der Waals surface area contributed by atoms with Crippen molar-refractivity contribution in [2.24, 2.45) is 16.9 Å². The van der Waals surface area contributed by atoms with Crippen LogP contribution < -0.4 is 16.2 Å². The number of phenols is 2. The molecule has 56 heavy (non-hydrogen) atoms. The Balaban J connectivity index is 1.11.